The summed E-state index contributed by atoms with van der Waals surface area (Å²) >= 11 is 2.98. The lowest BCUT2D eigenvalue weighted by Crippen LogP contribution is -2.09. The van der Waals surface area contributed by atoms with Crippen molar-refractivity contribution in [3.05, 3.63) is 32.2 Å². The minimum absolute atomic E-state index is 0.281. The maximum Gasteiger partial charge on any atom is 0.358 e. The van der Waals surface area contributed by atoms with E-state index in [1.165, 1.54) is 11.3 Å². The summed E-state index contributed by atoms with van der Waals surface area (Å²) in [6.07, 6.45) is 0.620. The molecule has 2 aromatic heterocycles. The Morgan fingerprint density at radius 2 is 2.33 bits per heavy atom. The average molecular weight is 282 g/mol. The van der Waals surface area contributed by atoms with E-state index in [-0.39, 0.29) is 12.1 Å². The molecule has 0 fully saturated rings. The van der Waals surface area contributed by atoms with Gasteiger partial charge in [-0.1, -0.05) is 6.92 Å². The highest BCUT2D eigenvalue weighted by Crippen LogP contribution is 2.28. The summed E-state index contributed by atoms with van der Waals surface area (Å²) < 4.78 is 5.40. The summed E-state index contributed by atoms with van der Waals surface area (Å²) in [5, 5.41) is 2.76. The molecule has 0 amide bonds. The van der Waals surface area contributed by atoms with Gasteiger partial charge in [-0.3, -0.25) is 0 Å². The SMILES string of the molecule is CCc1nc(C)c([C@@H](C)OC(=O)c2cscn2)s1. The van der Waals surface area contributed by atoms with Crippen LogP contribution in [0.4, 0.5) is 0 Å². The van der Waals surface area contributed by atoms with Crippen LogP contribution in [0.15, 0.2) is 10.9 Å². The molecular weight excluding hydrogens is 268 g/mol. The molecule has 4 nitrogen and oxygen atoms in total. The fraction of sp³-hybridized carbons (Fsp3) is 0.417. The third-order valence-electron chi connectivity index (χ3n) is 2.47. The van der Waals surface area contributed by atoms with E-state index in [0.29, 0.717) is 5.69 Å². The lowest BCUT2D eigenvalue weighted by atomic mass is 10.3. The summed E-state index contributed by atoms with van der Waals surface area (Å²) in [6.45, 7) is 5.87. The number of esters is 1. The van der Waals surface area contributed by atoms with E-state index in [1.54, 1.807) is 22.2 Å². The second kappa shape index (κ2) is 5.58. The highest BCUT2D eigenvalue weighted by atomic mass is 32.1. The first-order valence-electron chi connectivity index (χ1n) is 5.67. The maximum absolute atomic E-state index is 11.8. The van der Waals surface area contributed by atoms with E-state index in [1.807, 2.05) is 13.8 Å². The number of aromatic nitrogens is 2. The Kier molecular flexibility index (Phi) is 4.08. The first-order chi connectivity index (χ1) is 8.61. The van der Waals surface area contributed by atoms with Crippen molar-refractivity contribution in [1.82, 2.24) is 9.97 Å². The van der Waals surface area contributed by atoms with Crippen molar-refractivity contribution in [2.24, 2.45) is 0 Å². The molecule has 0 unspecified atom stereocenters. The van der Waals surface area contributed by atoms with Gasteiger partial charge in [0.15, 0.2) is 5.69 Å². The summed E-state index contributed by atoms with van der Waals surface area (Å²) in [7, 11) is 0. The summed E-state index contributed by atoms with van der Waals surface area (Å²) in [5.41, 5.74) is 2.93. The maximum atomic E-state index is 11.8. The molecule has 6 heteroatoms. The van der Waals surface area contributed by atoms with Gasteiger partial charge in [0.1, 0.15) is 6.10 Å². The van der Waals surface area contributed by atoms with E-state index in [2.05, 4.69) is 16.9 Å². The molecule has 0 aromatic carbocycles. The average Bonchev–Trinajstić information content (AvgIpc) is 2.97. The van der Waals surface area contributed by atoms with Crippen molar-refractivity contribution in [1.29, 1.82) is 0 Å². The van der Waals surface area contributed by atoms with Gasteiger partial charge >= 0.3 is 5.97 Å². The zero-order valence-corrected chi connectivity index (χ0v) is 12.1. The Bertz CT molecular complexity index is 534. The van der Waals surface area contributed by atoms with Crippen molar-refractivity contribution < 1.29 is 9.53 Å². The highest BCUT2D eigenvalue weighted by molar-refractivity contribution is 7.11. The number of hydrogen-bond acceptors (Lipinski definition) is 6. The van der Waals surface area contributed by atoms with Gasteiger partial charge in [-0.2, -0.15) is 0 Å². The molecule has 2 heterocycles. The van der Waals surface area contributed by atoms with E-state index in [0.717, 1.165) is 22.0 Å². The molecule has 0 aliphatic heterocycles. The zero-order chi connectivity index (χ0) is 13.1. The molecule has 0 saturated heterocycles. The molecule has 2 rings (SSSR count). The van der Waals surface area contributed by atoms with E-state index >= 15 is 0 Å². The van der Waals surface area contributed by atoms with Gasteiger partial charge in [0.05, 0.1) is 21.1 Å². The number of carbonyl (C=O) groups excluding carboxylic acids is 1. The van der Waals surface area contributed by atoms with E-state index in [9.17, 15) is 4.79 Å². The van der Waals surface area contributed by atoms with Gasteiger partial charge < -0.3 is 4.74 Å². The summed E-state index contributed by atoms with van der Waals surface area (Å²) in [6, 6.07) is 0. The van der Waals surface area contributed by atoms with Gasteiger partial charge in [-0.15, -0.1) is 22.7 Å². The number of nitrogens with zero attached hydrogens (tertiary/aromatic N) is 2. The highest BCUT2D eigenvalue weighted by Gasteiger charge is 2.19. The number of thiazole rings is 2. The van der Waals surface area contributed by atoms with E-state index < -0.39 is 0 Å². The van der Waals surface area contributed by atoms with Crippen molar-refractivity contribution in [3.8, 4) is 0 Å². The second-order valence-corrected chi connectivity index (χ2v) is 5.67. The third kappa shape index (κ3) is 2.76. The molecule has 0 bridgehead atoms. The molecule has 2 aromatic rings. The number of rotatable bonds is 4. The van der Waals surface area contributed by atoms with Crippen molar-refractivity contribution in [2.75, 3.05) is 0 Å². The minimum atomic E-state index is -0.380. The van der Waals surface area contributed by atoms with E-state index in [4.69, 9.17) is 4.74 Å². The fourth-order valence-corrected chi connectivity index (χ4v) is 3.09. The van der Waals surface area contributed by atoms with Gasteiger partial charge in [0.25, 0.3) is 0 Å². The number of hydrogen-bond donors (Lipinski definition) is 0. The largest absolute Gasteiger partial charge is 0.452 e. The first kappa shape index (κ1) is 13.2. The van der Waals surface area contributed by atoms with Gasteiger partial charge in [-0.25, -0.2) is 14.8 Å². The Labute approximate surface area is 114 Å². The predicted molar refractivity (Wildman–Crippen MR) is 72.2 cm³/mol. The Hall–Kier alpha value is -1.27. The standard InChI is InChI=1S/C12H14N2O2S2/c1-4-10-14-7(2)11(18-10)8(3)16-12(15)9-5-17-6-13-9/h5-6,8H,4H2,1-3H3/t8-/m1/s1. The van der Waals surface area contributed by atoms with Gasteiger partial charge in [0.2, 0.25) is 0 Å². The number of aryl methyl sites for hydroxylation is 2. The van der Waals surface area contributed by atoms with Crippen LogP contribution in [-0.2, 0) is 11.2 Å². The number of ether oxygens (including phenoxy) is 1. The topological polar surface area (TPSA) is 52.1 Å². The van der Waals surface area contributed by atoms with Crippen LogP contribution >= 0.6 is 22.7 Å². The normalized spacial score (nSPS) is 12.4. The third-order valence-corrected chi connectivity index (χ3v) is 4.52. The number of carbonyl (C=O) groups is 1. The van der Waals surface area contributed by atoms with Crippen LogP contribution in [0.5, 0.6) is 0 Å². The molecular formula is C12H14N2O2S2. The van der Waals surface area contributed by atoms with Crippen LogP contribution in [0.3, 0.4) is 0 Å². The molecule has 0 saturated carbocycles. The lowest BCUT2D eigenvalue weighted by molar-refractivity contribution is 0.0337. The van der Waals surface area contributed by atoms with Crippen LogP contribution in [0.2, 0.25) is 0 Å². The molecule has 96 valence electrons. The van der Waals surface area contributed by atoms with Crippen LogP contribution in [0.25, 0.3) is 0 Å². The fourth-order valence-electron chi connectivity index (χ4n) is 1.58. The van der Waals surface area contributed by atoms with Gasteiger partial charge in [-0.05, 0) is 20.3 Å². The molecule has 0 aliphatic rings. The summed E-state index contributed by atoms with van der Waals surface area (Å²) in [5.74, 6) is -0.380. The molecule has 0 N–H and O–H groups in total. The Morgan fingerprint density at radius 1 is 1.56 bits per heavy atom. The molecule has 0 radical (unpaired) electrons. The zero-order valence-electron chi connectivity index (χ0n) is 10.5. The Morgan fingerprint density at radius 3 is 2.89 bits per heavy atom. The predicted octanol–water partition coefficient (Wildman–Crippen LogP) is 3.39. The second-order valence-electron chi connectivity index (χ2n) is 3.83. The van der Waals surface area contributed by atoms with Crippen molar-refractivity contribution in [3.63, 3.8) is 0 Å². The first-order valence-corrected chi connectivity index (χ1v) is 7.43. The van der Waals surface area contributed by atoms with Crippen LogP contribution in [-0.4, -0.2) is 15.9 Å². The quantitative estimate of drug-likeness (QED) is 0.807. The molecule has 1 atom stereocenters. The molecule has 0 aliphatic carbocycles. The van der Waals surface area contributed by atoms with Crippen LogP contribution < -0.4 is 0 Å². The summed E-state index contributed by atoms with van der Waals surface area (Å²) in [4.78, 5) is 21.2. The Balaban J connectivity index is 2.09. The molecule has 0 spiro atoms. The van der Waals surface area contributed by atoms with Crippen molar-refractivity contribution in [2.45, 2.75) is 33.3 Å². The monoisotopic (exact) mass is 282 g/mol. The minimum Gasteiger partial charge on any atom is -0.452 e. The van der Waals surface area contributed by atoms with Gasteiger partial charge in [0, 0.05) is 5.38 Å². The van der Waals surface area contributed by atoms with Crippen LogP contribution in [0.1, 0.15) is 46.0 Å². The van der Waals surface area contributed by atoms with Crippen LogP contribution in [0, 0.1) is 6.92 Å². The lowest BCUT2D eigenvalue weighted by Gasteiger charge is -2.10. The van der Waals surface area contributed by atoms with Crippen molar-refractivity contribution >= 4 is 28.6 Å². The molecule has 18 heavy (non-hydrogen) atoms. The smallest absolute Gasteiger partial charge is 0.358 e.